The highest BCUT2D eigenvalue weighted by atomic mass is 35.5. The van der Waals surface area contributed by atoms with Crippen molar-refractivity contribution >= 4 is 28.5 Å². The first-order valence-corrected chi connectivity index (χ1v) is 7.20. The summed E-state index contributed by atoms with van der Waals surface area (Å²) >= 11 is 5.87. The van der Waals surface area contributed by atoms with E-state index in [1.807, 2.05) is 0 Å². The van der Waals surface area contributed by atoms with E-state index in [0.29, 0.717) is 0 Å². The smallest absolute Gasteiger partial charge is 0.344 e. The molecule has 0 fully saturated rings. The predicted octanol–water partition coefficient (Wildman–Crippen LogP) is 3.91. The number of hydrogen-bond acceptors (Lipinski definition) is 3. The normalized spacial score (nSPS) is 10.8. The van der Waals surface area contributed by atoms with Crippen molar-refractivity contribution in [2.75, 3.05) is 7.11 Å². The van der Waals surface area contributed by atoms with Crippen molar-refractivity contribution in [3.05, 3.63) is 68.8 Å². The molecular weight excluding hydrogens is 340 g/mol. The number of aromatic nitrogens is 1. The van der Waals surface area contributed by atoms with Gasteiger partial charge in [-0.1, -0.05) is 17.7 Å². The number of carbonyl (C=O) groups is 1. The van der Waals surface area contributed by atoms with Crippen LogP contribution in [-0.4, -0.2) is 18.1 Å². The predicted molar refractivity (Wildman–Crippen MR) is 86.3 cm³/mol. The zero-order chi connectivity index (χ0) is 17.4. The Kier molecular flexibility index (Phi) is 4.07. The molecule has 122 valence electrons. The Hall–Kier alpha value is -2.73. The largest absolute Gasteiger partial charge is 0.465 e. The maximum atomic E-state index is 14.1. The number of aromatic amines is 1. The van der Waals surface area contributed by atoms with Gasteiger partial charge < -0.3 is 9.72 Å². The number of nitrogens with one attached hydrogen (secondary N) is 1. The maximum Gasteiger partial charge on any atom is 0.344 e. The van der Waals surface area contributed by atoms with Crippen LogP contribution < -0.4 is 5.43 Å². The fourth-order valence-electron chi connectivity index (χ4n) is 2.48. The van der Waals surface area contributed by atoms with Gasteiger partial charge in [0.25, 0.3) is 0 Å². The van der Waals surface area contributed by atoms with E-state index in [4.69, 9.17) is 11.6 Å². The summed E-state index contributed by atoms with van der Waals surface area (Å²) in [6.45, 7) is 0. The molecule has 0 aliphatic carbocycles. The van der Waals surface area contributed by atoms with Crippen LogP contribution >= 0.6 is 11.6 Å². The molecule has 0 radical (unpaired) electrons. The van der Waals surface area contributed by atoms with Crippen molar-refractivity contribution in [3.63, 3.8) is 0 Å². The van der Waals surface area contributed by atoms with Crippen LogP contribution in [0.2, 0.25) is 5.02 Å². The topological polar surface area (TPSA) is 59.2 Å². The average Bonchev–Trinajstić information content (AvgIpc) is 2.55. The third kappa shape index (κ3) is 2.55. The minimum atomic E-state index is -1.00. The van der Waals surface area contributed by atoms with E-state index < -0.39 is 34.2 Å². The number of benzene rings is 2. The van der Waals surface area contributed by atoms with Crippen molar-refractivity contribution in [2.45, 2.75) is 0 Å². The van der Waals surface area contributed by atoms with E-state index in [1.54, 1.807) is 0 Å². The van der Waals surface area contributed by atoms with Gasteiger partial charge >= 0.3 is 5.97 Å². The number of H-pyrrole nitrogens is 1. The third-order valence-electron chi connectivity index (χ3n) is 3.57. The van der Waals surface area contributed by atoms with Crippen LogP contribution in [-0.2, 0) is 4.74 Å². The maximum absolute atomic E-state index is 14.1. The van der Waals surface area contributed by atoms with Crippen LogP contribution in [0.3, 0.4) is 0 Å². The molecule has 7 heteroatoms. The molecule has 1 aromatic heterocycles. The van der Waals surface area contributed by atoms with Gasteiger partial charge in [0.05, 0.1) is 18.4 Å². The van der Waals surface area contributed by atoms with Crippen molar-refractivity contribution in [2.24, 2.45) is 0 Å². The molecule has 1 heterocycles. The minimum Gasteiger partial charge on any atom is -0.465 e. The molecule has 0 aliphatic heterocycles. The summed E-state index contributed by atoms with van der Waals surface area (Å²) in [5.41, 5.74) is -1.72. The van der Waals surface area contributed by atoms with Crippen LogP contribution in [0, 0.1) is 11.6 Å². The number of rotatable bonds is 2. The van der Waals surface area contributed by atoms with Gasteiger partial charge in [-0.2, -0.15) is 0 Å². The molecule has 0 unspecified atom stereocenters. The van der Waals surface area contributed by atoms with Crippen LogP contribution in [0.4, 0.5) is 8.78 Å². The number of ether oxygens (including phenoxy) is 1. The lowest BCUT2D eigenvalue weighted by Crippen LogP contribution is -2.20. The molecule has 0 saturated carbocycles. The highest BCUT2D eigenvalue weighted by Crippen LogP contribution is 2.28. The Morgan fingerprint density at radius 3 is 2.46 bits per heavy atom. The lowest BCUT2D eigenvalue weighted by atomic mass is 10.0. The van der Waals surface area contributed by atoms with Gasteiger partial charge in [0.15, 0.2) is 0 Å². The first kappa shape index (κ1) is 16.1. The number of hydrogen-bond donors (Lipinski definition) is 1. The van der Waals surface area contributed by atoms with Gasteiger partial charge in [-0.3, -0.25) is 4.79 Å². The number of carbonyl (C=O) groups excluding carboxylic acids is 1. The fourth-order valence-corrected chi connectivity index (χ4v) is 2.65. The van der Waals surface area contributed by atoms with Gasteiger partial charge in [0.2, 0.25) is 5.43 Å². The third-order valence-corrected chi connectivity index (χ3v) is 3.80. The van der Waals surface area contributed by atoms with Crippen molar-refractivity contribution < 1.29 is 18.3 Å². The molecule has 0 bridgehead atoms. The van der Waals surface area contributed by atoms with Crippen LogP contribution in [0.1, 0.15) is 10.4 Å². The molecule has 0 aliphatic rings. The summed E-state index contributed by atoms with van der Waals surface area (Å²) in [4.78, 5) is 27.5. The summed E-state index contributed by atoms with van der Waals surface area (Å²) in [6, 6.07) is 7.61. The molecule has 0 atom stereocenters. The average molecular weight is 350 g/mol. The first-order valence-electron chi connectivity index (χ1n) is 6.82. The zero-order valence-electron chi connectivity index (χ0n) is 12.3. The fraction of sp³-hybridized carbons (Fsp3) is 0.0588. The van der Waals surface area contributed by atoms with E-state index in [2.05, 4.69) is 9.72 Å². The van der Waals surface area contributed by atoms with E-state index in [0.717, 1.165) is 19.2 Å². The van der Waals surface area contributed by atoms with Crippen LogP contribution in [0.15, 0.2) is 41.2 Å². The Morgan fingerprint density at radius 2 is 1.83 bits per heavy atom. The summed E-state index contributed by atoms with van der Waals surface area (Å²) in [7, 11) is 1.07. The molecule has 3 rings (SSSR count). The highest BCUT2D eigenvalue weighted by molar-refractivity contribution is 6.31. The monoisotopic (exact) mass is 349 g/mol. The summed E-state index contributed by atoms with van der Waals surface area (Å²) in [6.07, 6.45) is 0. The van der Waals surface area contributed by atoms with Crippen LogP contribution in [0.25, 0.3) is 22.2 Å². The molecule has 24 heavy (non-hydrogen) atoms. The molecule has 1 N–H and O–H groups in total. The number of halogens is 3. The summed E-state index contributed by atoms with van der Waals surface area (Å²) in [5.74, 6) is -2.83. The van der Waals surface area contributed by atoms with E-state index in [9.17, 15) is 18.4 Å². The number of pyridine rings is 1. The molecule has 0 saturated heterocycles. The van der Waals surface area contributed by atoms with Gasteiger partial charge in [-0.05, 0) is 30.3 Å². The Labute approximate surface area is 139 Å². The van der Waals surface area contributed by atoms with Gasteiger partial charge in [0, 0.05) is 15.9 Å². The molecular formula is C17H10ClF2NO3. The lowest BCUT2D eigenvalue weighted by Gasteiger charge is -2.12. The van der Waals surface area contributed by atoms with E-state index >= 15 is 0 Å². The lowest BCUT2D eigenvalue weighted by molar-refractivity contribution is 0.0600. The van der Waals surface area contributed by atoms with Gasteiger partial charge in [-0.15, -0.1) is 0 Å². The Balaban J connectivity index is 2.49. The van der Waals surface area contributed by atoms with E-state index in [1.165, 1.54) is 24.3 Å². The van der Waals surface area contributed by atoms with Crippen molar-refractivity contribution in [1.82, 2.24) is 4.98 Å². The zero-order valence-corrected chi connectivity index (χ0v) is 13.1. The molecule has 2 aromatic carbocycles. The highest BCUT2D eigenvalue weighted by Gasteiger charge is 2.24. The van der Waals surface area contributed by atoms with Crippen molar-refractivity contribution in [3.8, 4) is 11.3 Å². The first-order chi connectivity index (χ1) is 11.4. The molecule has 0 amide bonds. The molecule has 3 aromatic rings. The quantitative estimate of drug-likeness (QED) is 0.713. The minimum absolute atomic E-state index is 0.114. The number of methoxy groups -OCH3 is 1. The SMILES string of the molecule is COC(=O)c1c(-c2c(F)cccc2F)[nH]c2ccc(Cl)cc2c1=O. The van der Waals surface area contributed by atoms with Gasteiger partial charge in [0.1, 0.15) is 17.2 Å². The molecule has 0 spiro atoms. The van der Waals surface area contributed by atoms with Crippen molar-refractivity contribution in [1.29, 1.82) is 0 Å². The second-order valence-electron chi connectivity index (χ2n) is 4.98. The second-order valence-corrected chi connectivity index (χ2v) is 5.42. The Bertz CT molecular complexity index is 1010. The van der Waals surface area contributed by atoms with Gasteiger partial charge in [-0.25, -0.2) is 13.6 Å². The number of fused-ring (bicyclic) bond motifs is 1. The van der Waals surface area contributed by atoms with Crippen LogP contribution in [0.5, 0.6) is 0 Å². The number of esters is 1. The summed E-state index contributed by atoms with van der Waals surface area (Å²) in [5, 5.41) is 0.400. The second kappa shape index (κ2) is 6.05. The van der Waals surface area contributed by atoms with E-state index in [-0.39, 0.29) is 21.6 Å². The Morgan fingerprint density at radius 1 is 1.17 bits per heavy atom. The summed E-state index contributed by atoms with van der Waals surface area (Å²) < 4.78 is 32.9. The molecule has 4 nitrogen and oxygen atoms in total. The standard InChI is InChI=1S/C17H10ClF2NO3/c1-24-17(23)14-15(13-10(19)3-2-4-11(13)20)21-12-6-5-8(18)7-9(12)16(14)22/h2-7H,1H3,(H,21,22).